The van der Waals surface area contributed by atoms with E-state index >= 15 is 0 Å². The summed E-state index contributed by atoms with van der Waals surface area (Å²) in [6, 6.07) is 0. The van der Waals surface area contributed by atoms with Crippen LogP contribution in [-0.2, 0) is 4.43 Å². The molecular formula is C13H26O2Si. The van der Waals surface area contributed by atoms with E-state index in [1.165, 1.54) is 12.8 Å². The van der Waals surface area contributed by atoms with Gasteiger partial charge in [0.1, 0.15) is 0 Å². The van der Waals surface area contributed by atoms with Gasteiger partial charge in [-0.3, -0.25) is 0 Å². The lowest BCUT2D eigenvalue weighted by Gasteiger charge is -2.40. The molecule has 1 N–H and O–H groups in total. The Morgan fingerprint density at radius 1 is 1.25 bits per heavy atom. The summed E-state index contributed by atoms with van der Waals surface area (Å²) < 4.78 is 6.50. The first kappa shape index (κ1) is 12.6. The Labute approximate surface area is 101 Å². The molecule has 0 aromatic carbocycles. The van der Waals surface area contributed by atoms with E-state index in [1.54, 1.807) is 0 Å². The molecule has 2 nitrogen and oxygen atoms in total. The highest BCUT2D eigenvalue weighted by Gasteiger charge is 2.56. The molecular weight excluding hydrogens is 216 g/mol. The Hall–Kier alpha value is 0.137. The fourth-order valence-electron chi connectivity index (χ4n) is 2.70. The minimum absolute atomic E-state index is 0.278. The zero-order valence-corrected chi connectivity index (χ0v) is 12.3. The van der Waals surface area contributed by atoms with Crippen LogP contribution < -0.4 is 0 Å². The normalized spacial score (nSPS) is 38.6. The molecule has 2 aliphatic carbocycles. The van der Waals surface area contributed by atoms with Gasteiger partial charge in [0.25, 0.3) is 0 Å². The Balaban J connectivity index is 2.03. The van der Waals surface area contributed by atoms with Crippen LogP contribution in [0.25, 0.3) is 0 Å². The molecule has 2 rings (SSSR count). The number of aliphatic hydroxyl groups excluding tert-OH is 1. The molecule has 2 fully saturated rings. The van der Waals surface area contributed by atoms with Crippen LogP contribution in [0.3, 0.4) is 0 Å². The summed E-state index contributed by atoms with van der Waals surface area (Å²) in [4.78, 5) is 0. The van der Waals surface area contributed by atoms with E-state index in [4.69, 9.17) is 4.43 Å². The summed E-state index contributed by atoms with van der Waals surface area (Å²) >= 11 is 0. The monoisotopic (exact) mass is 242 g/mol. The van der Waals surface area contributed by atoms with Crippen molar-refractivity contribution in [2.45, 2.75) is 57.8 Å². The van der Waals surface area contributed by atoms with Gasteiger partial charge in [-0.25, -0.2) is 0 Å². The van der Waals surface area contributed by atoms with E-state index in [2.05, 4.69) is 33.9 Å². The van der Waals surface area contributed by atoms with Gasteiger partial charge < -0.3 is 9.53 Å². The molecule has 0 amide bonds. The number of aliphatic hydroxyl groups is 1. The molecule has 0 saturated heterocycles. The van der Waals surface area contributed by atoms with Crippen molar-refractivity contribution in [3.05, 3.63) is 0 Å². The minimum Gasteiger partial charge on any atom is -0.413 e. The molecule has 4 atom stereocenters. The summed E-state index contributed by atoms with van der Waals surface area (Å²) in [6.45, 7) is 11.8. The van der Waals surface area contributed by atoms with Crippen molar-refractivity contribution in [3.8, 4) is 0 Å². The lowest BCUT2D eigenvalue weighted by Crippen LogP contribution is -2.46. The summed E-state index contributed by atoms with van der Waals surface area (Å²) in [5.41, 5.74) is 0. The molecule has 2 saturated carbocycles. The van der Waals surface area contributed by atoms with Crippen LogP contribution in [0.5, 0.6) is 0 Å². The highest BCUT2D eigenvalue weighted by molar-refractivity contribution is 6.74. The molecule has 94 valence electrons. The first-order valence-corrected chi connectivity index (χ1v) is 9.46. The Morgan fingerprint density at radius 3 is 2.38 bits per heavy atom. The second-order valence-electron chi connectivity index (χ2n) is 7.18. The summed E-state index contributed by atoms with van der Waals surface area (Å²) in [6.07, 6.45) is 2.90. The van der Waals surface area contributed by atoms with Crippen LogP contribution in [0.4, 0.5) is 0 Å². The first-order valence-electron chi connectivity index (χ1n) is 6.55. The maximum atomic E-state index is 9.41. The van der Waals surface area contributed by atoms with Gasteiger partial charge in [-0.1, -0.05) is 20.8 Å². The van der Waals surface area contributed by atoms with Gasteiger partial charge in [-0.05, 0) is 42.8 Å². The Kier molecular flexibility index (Phi) is 3.01. The molecule has 3 unspecified atom stereocenters. The first-order chi connectivity index (χ1) is 7.26. The Morgan fingerprint density at radius 2 is 1.88 bits per heavy atom. The topological polar surface area (TPSA) is 29.5 Å². The average molecular weight is 242 g/mol. The van der Waals surface area contributed by atoms with Crippen LogP contribution in [0.15, 0.2) is 0 Å². The Bertz CT molecular complexity index is 270. The molecule has 0 aromatic rings. The zero-order valence-electron chi connectivity index (χ0n) is 11.3. The zero-order chi connectivity index (χ0) is 12.1. The van der Waals surface area contributed by atoms with Gasteiger partial charge in [-0.2, -0.15) is 0 Å². The van der Waals surface area contributed by atoms with E-state index < -0.39 is 8.32 Å². The van der Waals surface area contributed by atoms with Gasteiger partial charge in [0.2, 0.25) is 0 Å². The number of rotatable bonds is 3. The predicted molar refractivity (Wildman–Crippen MR) is 68.9 cm³/mol. The summed E-state index contributed by atoms with van der Waals surface area (Å²) in [5.74, 6) is 2.05. The van der Waals surface area contributed by atoms with E-state index in [0.29, 0.717) is 18.6 Å². The predicted octanol–water partition coefficient (Wildman–Crippen LogP) is 3.03. The van der Waals surface area contributed by atoms with Crippen molar-refractivity contribution in [1.29, 1.82) is 0 Å². The third-order valence-electron chi connectivity index (χ3n) is 4.94. The number of hydrogen-bond acceptors (Lipinski definition) is 2. The molecule has 0 heterocycles. The third-order valence-corrected chi connectivity index (χ3v) is 9.41. The third kappa shape index (κ3) is 2.09. The quantitative estimate of drug-likeness (QED) is 0.771. The molecule has 2 aliphatic rings. The maximum absolute atomic E-state index is 9.41. The SMILES string of the molecule is CC(C)(C)[Si](C)(C)OC1C2CC2C[C@H]1CO. The minimum atomic E-state index is -1.65. The molecule has 0 aromatic heterocycles. The van der Waals surface area contributed by atoms with Crippen LogP contribution in [0.2, 0.25) is 18.1 Å². The van der Waals surface area contributed by atoms with Crippen molar-refractivity contribution in [3.63, 3.8) is 0 Å². The number of fused-ring (bicyclic) bond motifs is 1. The van der Waals surface area contributed by atoms with Crippen LogP contribution in [0.1, 0.15) is 33.6 Å². The average Bonchev–Trinajstić information content (AvgIpc) is 2.82. The van der Waals surface area contributed by atoms with Crippen LogP contribution >= 0.6 is 0 Å². The van der Waals surface area contributed by atoms with Gasteiger partial charge in [0, 0.05) is 12.5 Å². The molecule has 0 radical (unpaired) electrons. The highest BCUT2D eigenvalue weighted by Crippen LogP contribution is 2.57. The smallest absolute Gasteiger partial charge is 0.192 e. The van der Waals surface area contributed by atoms with E-state index in [9.17, 15) is 5.11 Å². The van der Waals surface area contributed by atoms with E-state index in [-0.39, 0.29) is 5.04 Å². The molecule has 0 spiro atoms. The largest absolute Gasteiger partial charge is 0.413 e. The second kappa shape index (κ2) is 3.82. The molecule has 0 aliphatic heterocycles. The highest BCUT2D eigenvalue weighted by atomic mass is 28.4. The van der Waals surface area contributed by atoms with Crippen LogP contribution in [0, 0.1) is 17.8 Å². The molecule has 16 heavy (non-hydrogen) atoms. The van der Waals surface area contributed by atoms with Crippen molar-refractivity contribution in [2.75, 3.05) is 6.61 Å². The van der Waals surface area contributed by atoms with Crippen LogP contribution in [-0.4, -0.2) is 26.1 Å². The van der Waals surface area contributed by atoms with Gasteiger partial charge in [0.05, 0.1) is 6.10 Å². The summed E-state index contributed by atoms with van der Waals surface area (Å²) in [7, 11) is -1.65. The van der Waals surface area contributed by atoms with Crippen molar-refractivity contribution in [1.82, 2.24) is 0 Å². The lowest BCUT2D eigenvalue weighted by molar-refractivity contribution is 0.0785. The second-order valence-corrected chi connectivity index (χ2v) is 11.9. The van der Waals surface area contributed by atoms with Crippen molar-refractivity contribution >= 4 is 8.32 Å². The van der Waals surface area contributed by atoms with E-state index in [0.717, 1.165) is 11.8 Å². The van der Waals surface area contributed by atoms with Gasteiger partial charge in [0.15, 0.2) is 8.32 Å². The number of hydrogen-bond donors (Lipinski definition) is 1. The fraction of sp³-hybridized carbons (Fsp3) is 1.00. The van der Waals surface area contributed by atoms with Crippen molar-refractivity contribution < 1.29 is 9.53 Å². The van der Waals surface area contributed by atoms with Gasteiger partial charge in [-0.15, -0.1) is 0 Å². The molecule has 0 bridgehead atoms. The molecule has 3 heteroatoms. The van der Waals surface area contributed by atoms with E-state index in [1.807, 2.05) is 0 Å². The van der Waals surface area contributed by atoms with Crippen molar-refractivity contribution in [2.24, 2.45) is 17.8 Å². The summed E-state index contributed by atoms with van der Waals surface area (Å²) in [5, 5.41) is 9.69. The fourth-order valence-corrected chi connectivity index (χ4v) is 4.10. The lowest BCUT2D eigenvalue weighted by atomic mass is 10.0. The van der Waals surface area contributed by atoms with Gasteiger partial charge >= 0.3 is 0 Å². The maximum Gasteiger partial charge on any atom is 0.192 e. The standard InChI is InChI=1S/C13H26O2Si/c1-13(2,3)16(4,5)15-12-10(8-14)6-9-7-11(9)12/h9-12,14H,6-8H2,1-5H3/t9?,10-,11?,12?/m0/s1.